The number of amides is 1. The molecule has 0 aliphatic carbocycles. The maximum absolute atomic E-state index is 12.1. The van der Waals surface area contributed by atoms with Gasteiger partial charge in [-0.2, -0.15) is 0 Å². The van der Waals surface area contributed by atoms with Crippen LogP contribution in [0.25, 0.3) is 0 Å². The van der Waals surface area contributed by atoms with Crippen LogP contribution in [0.15, 0.2) is 48.5 Å². The fraction of sp³-hybridized carbons (Fsp3) is 0.300. The standard InChI is InChI=1S/C20H23NO4/c1-14(2)25-13-16-4-3-5-18(12-16)21-19(22)11-8-15-6-9-17(10-7-15)20(23)24/h3-7,9-10,12,14H,8,11,13H2,1-2H3,(H,21,22)(H,23,24). The van der Waals surface area contributed by atoms with E-state index in [-0.39, 0.29) is 17.6 Å². The predicted octanol–water partition coefficient (Wildman–Crippen LogP) is 3.88. The van der Waals surface area contributed by atoms with Gasteiger partial charge in [0.15, 0.2) is 0 Å². The van der Waals surface area contributed by atoms with Crippen LogP contribution < -0.4 is 5.32 Å². The van der Waals surface area contributed by atoms with Gasteiger partial charge >= 0.3 is 5.97 Å². The van der Waals surface area contributed by atoms with Crippen LogP contribution in [0.4, 0.5) is 5.69 Å². The van der Waals surface area contributed by atoms with Crippen molar-refractivity contribution in [1.82, 2.24) is 0 Å². The number of ether oxygens (including phenoxy) is 1. The molecule has 0 radical (unpaired) electrons. The zero-order valence-corrected chi connectivity index (χ0v) is 14.5. The Bertz CT molecular complexity index is 723. The van der Waals surface area contributed by atoms with Crippen LogP contribution in [-0.4, -0.2) is 23.1 Å². The molecule has 2 rings (SSSR count). The molecule has 132 valence electrons. The van der Waals surface area contributed by atoms with Gasteiger partial charge in [-0.1, -0.05) is 24.3 Å². The number of carbonyl (C=O) groups is 2. The third-order valence-corrected chi connectivity index (χ3v) is 3.64. The lowest BCUT2D eigenvalue weighted by Gasteiger charge is -2.10. The van der Waals surface area contributed by atoms with E-state index >= 15 is 0 Å². The summed E-state index contributed by atoms with van der Waals surface area (Å²) < 4.78 is 5.57. The highest BCUT2D eigenvalue weighted by atomic mass is 16.5. The summed E-state index contributed by atoms with van der Waals surface area (Å²) in [5, 5.41) is 11.8. The van der Waals surface area contributed by atoms with E-state index in [9.17, 15) is 9.59 Å². The van der Waals surface area contributed by atoms with E-state index in [1.807, 2.05) is 38.1 Å². The van der Waals surface area contributed by atoms with Gasteiger partial charge in [0.1, 0.15) is 0 Å². The van der Waals surface area contributed by atoms with Crippen molar-refractivity contribution in [3.05, 3.63) is 65.2 Å². The number of carbonyl (C=O) groups excluding carboxylic acids is 1. The van der Waals surface area contributed by atoms with E-state index in [4.69, 9.17) is 9.84 Å². The number of benzene rings is 2. The number of hydrogen-bond donors (Lipinski definition) is 2. The normalized spacial score (nSPS) is 10.7. The second-order valence-corrected chi connectivity index (χ2v) is 6.11. The van der Waals surface area contributed by atoms with Crippen molar-refractivity contribution in [1.29, 1.82) is 0 Å². The summed E-state index contributed by atoms with van der Waals surface area (Å²) in [5.41, 5.74) is 2.93. The summed E-state index contributed by atoms with van der Waals surface area (Å²) in [6.45, 7) is 4.47. The molecular formula is C20H23NO4. The van der Waals surface area contributed by atoms with Gasteiger partial charge in [0, 0.05) is 12.1 Å². The molecule has 25 heavy (non-hydrogen) atoms. The Morgan fingerprint density at radius 2 is 1.80 bits per heavy atom. The van der Waals surface area contributed by atoms with Gasteiger partial charge in [0.25, 0.3) is 0 Å². The number of aryl methyl sites for hydroxylation is 1. The van der Waals surface area contributed by atoms with E-state index in [1.54, 1.807) is 24.3 Å². The minimum atomic E-state index is -0.953. The van der Waals surface area contributed by atoms with Crippen LogP contribution in [0.3, 0.4) is 0 Å². The zero-order valence-electron chi connectivity index (χ0n) is 14.5. The summed E-state index contributed by atoms with van der Waals surface area (Å²) in [7, 11) is 0. The number of nitrogens with one attached hydrogen (secondary N) is 1. The molecule has 0 heterocycles. The molecule has 0 aromatic heterocycles. The minimum absolute atomic E-state index is 0.0794. The molecule has 0 spiro atoms. The molecule has 0 bridgehead atoms. The summed E-state index contributed by atoms with van der Waals surface area (Å²) in [6, 6.07) is 14.2. The number of anilines is 1. The first-order valence-electron chi connectivity index (χ1n) is 8.26. The quantitative estimate of drug-likeness (QED) is 0.764. The third-order valence-electron chi connectivity index (χ3n) is 3.64. The summed E-state index contributed by atoms with van der Waals surface area (Å²) in [4.78, 5) is 22.9. The first-order chi connectivity index (χ1) is 11.9. The van der Waals surface area contributed by atoms with E-state index in [0.717, 1.165) is 16.8 Å². The van der Waals surface area contributed by atoms with Gasteiger partial charge < -0.3 is 15.2 Å². The minimum Gasteiger partial charge on any atom is -0.478 e. The van der Waals surface area contributed by atoms with Crippen LogP contribution in [0.5, 0.6) is 0 Å². The monoisotopic (exact) mass is 341 g/mol. The van der Waals surface area contributed by atoms with E-state index in [0.29, 0.717) is 19.4 Å². The summed E-state index contributed by atoms with van der Waals surface area (Å²) in [6.07, 6.45) is 1.05. The molecule has 1 amide bonds. The van der Waals surface area contributed by atoms with Crippen molar-refractivity contribution in [2.24, 2.45) is 0 Å². The highest BCUT2D eigenvalue weighted by molar-refractivity contribution is 5.91. The van der Waals surface area contributed by atoms with Crippen LogP contribution in [0.2, 0.25) is 0 Å². The van der Waals surface area contributed by atoms with E-state index in [2.05, 4.69) is 5.32 Å². The fourth-order valence-electron chi connectivity index (χ4n) is 2.30. The molecule has 0 aliphatic rings. The lowest BCUT2D eigenvalue weighted by Crippen LogP contribution is -2.12. The van der Waals surface area contributed by atoms with Crippen LogP contribution in [0.1, 0.15) is 41.8 Å². The first-order valence-corrected chi connectivity index (χ1v) is 8.26. The molecular weight excluding hydrogens is 318 g/mol. The Balaban J connectivity index is 1.85. The Morgan fingerprint density at radius 1 is 1.08 bits per heavy atom. The lowest BCUT2D eigenvalue weighted by atomic mass is 10.1. The first kappa shape index (κ1) is 18.7. The number of carboxylic acid groups (broad SMARTS) is 1. The summed E-state index contributed by atoms with van der Waals surface area (Å²) in [5.74, 6) is -1.03. The molecule has 5 heteroatoms. The molecule has 2 aromatic carbocycles. The predicted molar refractivity (Wildman–Crippen MR) is 96.7 cm³/mol. The fourth-order valence-corrected chi connectivity index (χ4v) is 2.30. The van der Waals surface area contributed by atoms with Crippen LogP contribution >= 0.6 is 0 Å². The van der Waals surface area contributed by atoms with Crippen molar-refractivity contribution >= 4 is 17.6 Å². The van der Waals surface area contributed by atoms with Gasteiger partial charge in [0.2, 0.25) is 5.91 Å². The van der Waals surface area contributed by atoms with Crippen molar-refractivity contribution < 1.29 is 19.4 Å². The van der Waals surface area contributed by atoms with E-state index in [1.165, 1.54) is 0 Å². The van der Waals surface area contributed by atoms with Gasteiger partial charge in [-0.05, 0) is 55.7 Å². The van der Waals surface area contributed by atoms with Crippen molar-refractivity contribution in [3.8, 4) is 0 Å². The Labute approximate surface area is 147 Å². The van der Waals surface area contributed by atoms with Crippen molar-refractivity contribution in [2.75, 3.05) is 5.32 Å². The number of aromatic carboxylic acids is 1. The SMILES string of the molecule is CC(C)OCc1cccc(NC(=O)CCc2ccc(C(=O)O)cc2)c1. The average molecular weight is 341 g/mol. The molecule has 0 aliphatic heterocycles. The van der Waals surface area contributed by atoms with Crippen LogP contribution in [-0.2, 0) is 22.6 Å². The maximum Gasteiger partial charge on any atom is 0.335 e. The van der Waals surface area contributed by atoms with Gasteiger partial charge in [0.05, 0.1) is 18.3 Å². The third kappa shape index (κ3) is 6.39. The van der Waals surface area contributed by atoms with Crippen LogP contribution in [0, 0.1) is 0 Å². The molecule has 0 unspecified atom stereocenters. The molecule has 0 saturated heterocycles. The number of rotatable bonds is 8. The number of carboxylic acids is 1. The molecule has 0 fully saturated rings. The Hall–Kier alpha value is -2.66. The molecule has 5 nitrogen and oxygen atoms in total. The highest BCUT2D eigenvalue weighted by Crippen LogP contribution is 2.13. The second-order valence-electron chi connectivity index (χ2n) is 6.11. The van der Waals surface area contributed by atoms with Crippen molar-refractivity contribution in [3.63, 3.8) is 0 Å². The topological polar surface area (TPSA) is 75.6 Å². The molecule has 0 atom stereocenters. The second kappa shape index (κ2) is 8.99. The molecule has 2 N–H and O–H groups in total. The largest absolute Gasteiger partial charge is 0.478 e. The Kier molecular flexibility index (Phi) is 6.71. The molecule has 0 saturated carbocycles. The highest BCUT2D eigenvalue weighted by Gasteiger charge is 2.06. The summed E-state index contributed by atoms with van der Waals surface area (Å²) >= 11 is 0. The van der Waals surface area contributed by atoms with Gasteiger partial charge in [-0.25, -0.2) is 4.79 Å². The average Bonchev–Trinajstić information content (AvgIpc) is 2.59. The lowest BCUT2D eigenvalue weighted by molar-refractivity contribution is -0.116. The van der Waals surface area contributed by atoms with Gasteiger partial charge in [-0.15, -0.1) is 0 Å². The zero-order chi connectivity index (χ0) is 18.2. The smallest absolute Gasteiger partial charge is 0.335 e. The maximum atomic E-state index is 12.1. The van der Waals surface area contributed by atoms with Crippen molar-refractivity contribution in [2.45, 2.75) is 39.4 Å². The molecule has 2 aromatic rings. The Morgan fingerprint density at radius 3 is 2.44 bits per heavy atom. The van der Waals surface area contributed by atoms with E-state index < -0.39 is 5.97 Å². The number of hydrogen-bond acceptors (Lipinski definition) is 3. The van der Waals surface area contributed by atoms with Gasteiger partial charge in [-0.3, -0.25) is 4.79 Å².